The predicted octanol–water partition coefficient (Wildman–Crippen LogP) is 2.77. The van der Waals surface area contributed by atoms with Crippen LogP contribution in [0.3, 0.4) is 0 Å². The number of hydrogen-bond donors (Lipinski definition) is 2. The molecule has 1 saturated carbocycles. The standard InChI is InChI=1S/C24H23ClN4O4/c25-16-5-7-18(26-11-16)21(13-2-1-3-13)28-22(31)14-4-6-17-15(10-14)12-29(24(17)33)19-8-9-20(30)27-23(19)32/h4-7,10-11,13,19,21H,1-3,8-9,12H2,(H,28,31)(H,27,30,32)/t19?,21-/m0/s1. The molecule has 2 fully saturated rings. The molecule has 33 heavy (non-hydrogen) atoms. The van der Waals surface area contributed by atoms with Crippen molar-refractivity contribution in [2.24, 2.45) is 5.92 Å². The summed E-state index contributed by atoms with van der Waals surface area (Å²) in [4.78, 5) is 55.6. The maximum Gasteiger partial charge on any atom is 0.255 e. The third kappa shape index (κ3) is 4.11. The lowest BCUT2D eigenvalue weighted by atomic mass is 9.78. The van der Waals surface area contributed by atoms with Gasteiger partial charge in [-0.2, -0.15) is 0 Å². The Balaban J connectivity index is 1.34. The first-order valence-corrected chi connectivity index (χ1v) is 11.5. The van der Waals surface area contributed by atoms with Crippen LogP contribution in [0.5, 0.6) is 0 Å². The minimum atomic E-state index is -0.682. The van der Waals surface area contributed by atoms with Gasteiger partial charge in [-0.25, -0.2) is 0 Å². The van der Waals surface area contributed by atoms with Gasteiger partial charge >= 0.3 is 0 Å². The monoisotopic (exact) mass is 466 g/mol. The van der Waals surface area contributed by atoms with Gasteiger partial charge in [0, 0.05) is 30.3 Å². The van der Waals surface area contributed by atoms with Crippen molar-refractivity contribution in [3.05, 3.63) is 63.9 Å². The molecule has 0 radical (unpaired) electrons. The van der Waals surface area contributed by atoms with Crippen molar-refractivity contribution in [3.63, 3.8) is 0 Å². The van der Waals surface area contributed by atoms with Crippen molar-refractivity contribution in [2.45, 2.75) is 50.7 Å². The first kappa shape index (κ1) is 21.6. The third-order valence-corrected chi connectivity index (χ3v) is 6.99. The van der Waals surface area contributed by atoms with Gasteiger partial charge in [-0.1, -0.05) is 18.0 Å². The van der Waals surface area contributed by atoms with Crippen LogP contribution < -0.4 is 10.6 Å². The molecule has 4 amide bonds. The molecule has 1 aliphatic carbocycles. The molecular weight excluding hydrogens is 444 g/mol. The summed E-state index contributed by atoms with van der Waals surface area (Å²) >= 11 is 5.97. The Morgan fingerprint density at radius 2 is 1.97 bits per heavy atom. The lowest BCUT2D eigenvalue weighted by Crippen LogP contribution is -2.52. The number of benzene rings is 1. The molecule has 3 aliphatic rings. The molecular formula is C24H23ClN4O4. The minimum absolute atomic E-state index is 0.200. The molecule has 0 bridgehead atoms. The summed E-state index contributed by atoms with van der Waals surface area (Å²) in [7, 11) is 0. The zero-order valence-electron chi connectivity index (χ0n) is 17.8. The van der Waals surface area contributed by atoms with Crippen LogP contribution in [0, 0.1) is 5.92 Å². The topological polar surface area (TPSA) is 108 Å². The number of nitrogens with one attached hydrogen (secondary N) is 2. The van der Waals surface area contributed by atoms with Crippen LogP contribution in [-0.2, 0) is 16.1 Å². The lowest BCUT2D eigenvalue weighted by molar-refractivity contribution is -0.136. The summed E-state index contributed by atoms with van der Waals surface area (Å²) in [5.74, 6) is -0.955. The maximum atomic E-state index is 13.1. The average Bonchev–Trinajstić information content (AvgIpc) is 3.08. The average molecular weight is 467 g/mol. The van der Waals surface area contributed by atoms with Crippen molar-refractivity contribution < 1.29 is 19.2 Å². The van der Waals surface area contributed by atoms with Gasteiger partial charge in [-0.3, -0.25) is 29.5 Å². The molecule has 2 aromatic rings. The van der Waals surface area contributed by atoms with Gasteiger partial charge < -0.3 is 10.2 Å². The van der Waals surface area contributed by atoms with Gasteiger partial charge in [-0.05, 0) is 61.1 Å². The summed E-state index contributed by atoms with van der Waals surface area (Å²) in [5, 5.41) is 5.95. The van der Waals surface area contributed by atoms with Crippen LogP contribution in [0.15, 0.2) is 36.5 Å². The molecule has 1 aromatic carbocycles. The predicted molar refractivity (Wildman–Crippen MR) is 119 cm³/mol. The second-order valence-corrected chi connectivity index (χ2v) is 9.25. The van der Waals surface area contributed by atoms with Crippen molar-refractivity contribution >= 4 is 35.2 Å². The molecule has 2 atom stereocenters. The molecule has 5 rings (SSSR count). The highest BCUT2D eigenvalue weighted by atomic mass is 35.5. The zero-order valence-corrected chi connectivity index (χ0v) is 18.6. The second kappa shape index (κ2) is 8.59. The Bertz CT molecular complexity index is 1150. The Hall–Kier alpha value is -3.26. The van der Waals surface area contributed by atoms with E-state index in [1.165, 1.54) is 4.90 Å². The van der Waals surface area contributed by atoms with E-state index in [1.54, 1.807) is 30.5 Å². The molecule has 2 aliphatic heterocycles. The number of pyridine rings is 1. The SMILES string of the molecule is O=C1CCC(N2Cc3cc(C(=O)N[C@H](c4ccc(Cl)cn4)C4CCC4)ccc3C2=O)C(=O)N1. The van der Waals surface area contributed by atoms with Crippen LogP contribution >= 0.6 is 11.6 Å². The number of carbonyl (C=O) groups excluding carboxylic acids is 4. The first-order valence-electron chi connectivity index (χ1n) is 11.1. The van der Waals surface area contributed by atoms with E-state index in [2.05, 4.69) is 15.6 Å². The molecule has 170 valence electrons. The number of halogens is 1. The number of hydrogen-bond acceptors (Lipinski definition) is 5. The van der Waals surface area contributed by atoms with E-state index in [0.29, 0.717) is 34.1 Å². The molecule has 9 heteroatoms. The number of aromatic nitrogens is 1. The molecule has 3 heterocycles. The molecule has 1 aromatic heterocycles. The number of carbonyl (C=O) groups is 4. The number of rotatable bonds is 5. The normalized spacial score (nSPS) is 21.3. The van der Waals surface area contributed by atoms with E-state index in [0.717, 1.165) is 25.0 Å². The summed E-state index contributed by atoms with van der Waals surface area (Å²) in [6.07, 6.45) is 5.26. The zero-order chi connectivity index (χ0) is 23.1. The lowest BCUT2D eigenvalue weighted by Gasteiger charge is -2.34. The van der Waals surface area contributed by atoms with Gasteiger partial charge in [0.2, 0.25) is 11.8 Å². The van der Waals surface area contributed by atoms with Crippen LogP contribution in [0.2, 0.25) is 5.02 Å². The Morgan fingerprint density at radius 3 is 2.64 bits per heavy atom. The quantitative estimate of drug-likeness (QED) is 0.659. The number of piperidine rings is 1. The minimum Gasteiger partial charge on any atom is -0.343 e. The Morgan fingerprint density at radius 1 is 1.15 bits per heavy atom. The number of nitrogens with zero attached hydrogens (tertiary/aromatic N) is 2. The van der Waals surface area contributed by atoms with E-state index >= 15 is 0 Å². The fourth-order valence-corrected chi connectivity index (χ4v) is 4.83. The third-order valence-electron chi connectivity index (χ3n) is 6.76. The molecule has 8 nitrogen and oxygen atoms in total. The Kier molecular flexibility index (Phi) is 5.62. The van der Waals surface area contributed by atoms with E-state index in [9.17, 15) is 19.2 Å². The van der Waals surface area contributed by atoms with Gasteiger partial charge in [-0.15, -0.1) is 0 Å². The highest BCUT2D eigenvalue weighted by molar-refractivity contribution is 6.30. The van der Waals surface area contributed by atoms with Crippen LogP contribution in [0.25, 0.3) is 0 Å². The van der Waals surface area contributed by atoms with Crippen molar-refractivity contribution in [2.75, 3.05) is 0 Å². The smallest absolute Gasteiger partial charge is 0.255 e. The fraction of sp³-hybridized carbons (Fsp3) is 0.375. The van der Waals surface area contributed by atoms with E-state index < -0.39 is 11.9 Å². The number of amides is 4. The van der Waals surface area contributed by atoms with Crippen molar-refractivity contribution in [1.29, 1.82) is 0 Å². The summed E-state index contributed by atoms with van der Waals surface area (Å²) in [6, 6.07) is 7.70. The van der Waals surface area contributed by atoms with Crippen LogP contribution in [-0.4, -0.2) is 39.6 Å². The van der Waals surface area contributed by atoms with Crippen LogP contribution in [0.1, 0.15) is 70.1 Å². The van der Waals surface area contributed by atoms with Crippen molar-refractivity contribution in [3.8, 4) is 0 Å². The van der Waals surface area contributed by atoms with Crippen LogP contribution in [0.4, 0.5) is 0 Å². The molecule has 1 saturated heterocycles. The second-order valence-electron chi connectivity index (χ2n) is 8.82. The largest absolute Gasteiger partial charge is 0.343 e. The molecule has 0 spiro atoms. The first-order chi connectivity index (χ1) is 15.9. The summed E-state index contributed by atoms with van der Waals surface area (Å²) < 4.78 is 0. The Labute approximate surface area is 195 Å². The summed E-state index contributed by atoms with van der Waals surface area (Å²) in [5.41, 5.74) is 2.40. The van der Waals surface area contributed by atoms with E-state index in [4.69, 9.17) is 11.6 Å². The highest BCUT2D eigenvalue weighted by Gasteiger charge is 2.39. The van der Waals surface area contributed by atoms with Gasteiger partial charge in [0.1, 0.15) is 6.04 Å². The van der Waals surface area contributed by atoms with Gasteiger partial charge in [0.05, 0.1) is 16.8 Å². The number of fused-ring (bicyclic) bond motifs is 1. The van der Waals surface area contributed by atoms with E-state index in [-0.39, 0.29) is 36.7 Å². The van der Waals surface area contributed by atoms with Crippen molar-refractivity contribution in [1.82, 2.24) is 20.5 Å². The highest BCUT2D eigenvalue weighted by Crippen LogP contribution is 2.37. The summed E-state index contributed by atoms with van der Waals surface area (Å²) in [6.45, 7) is 0.229. The molecule has 2 N–H and O–H groups in total. The number of imide groups is 1. The van der Waals surface area contributed by atoms with E-state index in [1.807, 2.05) is 6.07 Å². The maximum absolute atomic E-state index is 13.1. The fourth-order valence-electron chi connectivity index (χ4n) is 4.72. The van der Waals surface area contributed by atoms with Gasteiger partial charge in [0.15, 0.2) is 0 Å². The van der Waals surface area contributed by atoms with Gasteiger partial charge in [0.25, 0.3) is 11.8 Å². The molecule has 1 unspecified atom stereocenters.